The number of aromatic nitrogens is 2. The maximum atomic E-state index is 12.7. The molecule has 196 valence electrons. The lowest BCUT2D eigenvalue weighted by Crippen LogP contribution is -2.30. The van der Waals surface area contributed by atoms with Gasteiger partial charge in [-0.05, 0) is 91.9 Å². The fraction of sp³-hybridized carbons (Fsp3) is 0.312. The van der Waals surface area contributed by atoms with Gasteiger partial charge in [0.2, 0.25) is 0 Å². The summed E-state index contributed by atoms with van der Waals surface area (Å²) in [5, 5.41) is 3.65. The standard InChI is InChI=1S/C32H34ClN3O2/c1-22(2)35-32(37)25-12-17-30(23-8-13-27(33)14-9-23)26(20-25)21-38-29-15-10-24(11-16-29)31-34-18-19-36(31)28-6-4-3-5-7-28/h8-20,22,28H,3-7,21H2,1-2H3,(H,35,37). The lowest BCUT2D eigenvalue weighted by Gasteiger charge is -2.24. The molecule has 5 nitrogen and oxygen atoms in total. The molecule has 0 radical (unpaired) electrons. The van der Waals surface area contributed by atoms with Crippen molar-refractivity contribution in [3.8, 4) is 28.3 Å². The van der Waals surface area contributed by atoms with Gasteiger partial charge in [0.1, 0.15) is 18.2 Å². The highest BCUT2D eigenvalue weighted by atomic mass is 35.5. The zero-order chi connectivity index (χ0) is 26.5. The molecular formula is C32H34ClN3O2. The number of imidazole rings is 1. The van der Waals surface area contributed by atoms with E-state index in [0.717, 1.165) is 33.8 Å². The number of carbonyl (C=O) groups is 1. The van der Waals surface area contributed by atoms with Gasteiger partial charge < -0.3 is 14.6 Å². The van der Waals surface area contributed by atoms with Gasteiger partial charge in [0.05, 0.1) is 0 Å². The third-order valence-electron chi connectivity index (χ3n) is 7.09. The van der Waals surface area contributed by atoms with Crippen molar-refractivity contribution in [1.29, 1.82) is 0 Å². The third kappa shape index (κ3) is 6.11. The molecule has 0 unspecified atom stereocenters. The summed E-state index contributed by atoms with van der Waals surface area (Å²) in [4.78, 5) is 17.3. The van der Waals surface area contributed by atoms with E-state index in [4.69, 9.17) is 16.3 Å². The number of nitrogens with one attached hydrogen (secondary N) is 1. The van der Waals surface area contributed by atoms with Gasteiger partial charge >= 0.3 is 0 Å². The van der Waals surface area contributed by atoms with E-state index < -0.39 is 0 Å². The molecule has 38 heavy (non-hydrogen) atoms. The SMILES string of the molecule is CC(C)NC(=O)c1ccc(-c2ccc(Cl)cc2)c(COc2ccc(-c3nccn3C3CCCCC3)cc2)c1. The van der Waals surface area contributed by atoms with Crippen molar-refractivity contribution in [2.45, 2.75) is 64.6 Å². The maximum Gasteiger partial charge on any atom is 0.251 e. The van der Waals surface area contributed by atoms with E-state index in [1.54, 1.807) is 0 Å². The molecule has 0 atom stereocenters. The van der Waals surface area contributed by atoms with Crippen LogP contribution in [-0.4, -0.2) is 21.5 Å². The molecule has 1 fully saturated rings. The van der Waals surface area contributed by atoms with Gasteiger partial charge in [0.15, 0.2) is 0 Å². The number of hydrogen-bond donors (Lipinski definition) is 1. The molecule has 1 N–H and O–H groups in total. The summed E-state index contributed by atoms with van der Waals surface area (Å²) in [6.07, 6.45) is 10.3. The van der Waals surface area contributed by atoms with E-state index in [-0.39, 0.29) is 11.9 Å². The summed E-state index contributed by atoms with van der Waals surface area (Å²) in [7, 11) is 0. The Kier molecular flexibility index (Phi) is 8.14. The Bertz CT molecular complexity index is 1370. The van der Waals surface area contributed by atoms with E-state index in [2.05, 4.69) is 33.2 Å². The molecule has 1 aromatic heterocycles. The topological polar surface area (TPSA) is 56.1 Å². The first kappa shape index (κ1) is 26.1. The van der Waals surface area contributed by atoms with E-state index in [9.17, 15) is 4.79 Å². The van der Waals surface area contributed by atoms with Crippen LogP contribution in [0.5, 0.6) is 5.75 Å². The zero-order valence-electron chi connectivity index (χ0n) is 22.0. The van der Waals surface area contributed by atoms with Crippen LogP contribution in [0.3, 0.4) is 0 Å². The van der Waals surface area contributed by atoms with E-state index in [1.807, 2.05) is 74.6 Å². The highest BCUT2D eigenvalue weighted by Gasteiger charge is 2.19. The highest BCUT2D eigenvalue weighted by Crippen LogP contribution is 2.33. The second-order valence-corrected chi connectivity index (χ2v) is 10.7. The third-order valence-corrected chi connectivity index (χ3v) is 7.34. The van der Waals surface area contributed by atoms with Crippen molar-refractivity contribution in [2.75, 3.05) is 0 Å². The molecule has 1 aliphatic rings. The zero-order valence-corrected chi connectivity index (χ0v) is 22.7. The van der Waals surface area contributed by atoms with Crippen molar-refractivity contribution in [3.05, 3.63) is 95.3 Å². The fourth-order valence-electron chi connectivity index (χ4n) is 5.16. The number of hydrogen-bond acceptors (Lipinski definition) is 3. The fourth-order valence-corrected chi connectivity index (χ4v) is 5.29. The summed E-state index contributed by atoms with van der Waals surface area (Å²) in [6, 6.07) is 22.2. The first-order valence-electron chi connectivity index (χ1n) is 13.4. The average molecular weight is 528 g/mol. The van der Waals surface area contributed by atoms with Crippen LogP contribution >= 0.6 is 11.6 Å². The van der Waals surface area contributed by atoms with Crippen LogP contribution in [0.1, 0.15) is 67.9 Å². The molecule has 1 saturated carbocycles. The summed E-state index contributed by atoms with van der Waals surface area (Å²) < 4.78 is 8.56. The molecule has 3 aromatic carbocycles. The highest BCUT2D eigenvalue weighted by molar-refractivity contribution is 6.30. The van der Waals surface area contributed by atoms with Gasteiger partial charge in [0.25, 0.3) is 5.91 Å². The first-order valence-corrected chi connectivity index (χ1v) is 13.8. The lowest BCUT2D eigenvalue weighted by molar-refractivity contribution is 0.0943. The Labute approximate surface area is 229 Å². The number of rotatable bonds is 8. The normalized spacial score (nSPS) is 14.0. The van der Waals surface area contributed by atoms with Crippen LogP contribution in [-0.2, 0) is 6.61 Å². The average Bonchev–Trinajstić information content (AvgIpc) is 3.43. The number of amides is 1. The Morgan fingerprint density at radius 2 is 1.71 bits per heavy atom. The number of nitrogens with zero attached hydrogens (tertiary/aromatic N) is 2. The molecule has 0 spiro atoms. The molecule has 5 rings (SSSR count). The molecule has 0 saturated heterocycles. The van der Waals surface area contributed by atoms with Crippen LogP contribution in [0.4, 0.5) is 0 Å². The van der Waals surface area contributed by atoms with Crippen LogP contribution < -0.4 is 10.1 Å². The summed E-state index contributed by atoms with van der Waals surface area (Å²) >= 11 is 6.12. The van der Waals surface area contributed by atoms with Crippen molar-refractivity contribution >= 4 is 17.5 Å². The summed E-state index contributed by atoms with van der Waals surface area (Å²) in [5.41, 5.74) is 4.66. The van der Waals surface area contributed by atoms with Crippen molar-refractivity contribution in [3.63, 3.8) is 0 Å². The Morgan fingerprint density at radius 1 is 1.00 bits per heavy atom. The van der Waals surface area contributed by atoms with Gasteiger partial charge in [-0.2, -0.15) is 0 Å². The van der Waals surface area contributed by atoms with Gasteiger partial charge in [-0.25, -0.2) is 4.98 Å². The van der Waals surface area contributed by atoms with E-state index in [1.165, 1.54) is 32.1 Å². The molecular weight excluding hydrogens is 494 g/mol. The summed E-state index contributed by atoms with van der Waals surface area (Å²) in [6.45, 7) is 4.24. The molecule has 0 bridgehead atoms. The molecule has 4 aromatic rings. The second-order valence-electron chi connectivity index (χ2n) is 10.3. The second kappa shape index (κ2) is 11.9. The van der Waals surface area contributed by atoms with Crippen LogP contribution in [0, 0.1) is 0 Å². The van der Waals surface area contributed by atoms with Crippen molar-refractivity contribution in [1.82, 2.24) is 14.9 Å². The van der Waals surface area contributed by atoms with Crippen molar-refractivity contribution in [2.24, 2.45) is 0 Å². The summed E-state index contributed by atoms with van der Waals surface area (Å²) in [5.74, 6) is 1.68. The predicted molar refractivity (Wildman–Crippen MR) is 154 cm³/mol. The quantitative estimate of drug-likeness (QED) is 0.252. The lowest BCUT2D eigenvalue weighted by atomic mass is 9.95. The molecule has 6 heteroatoms. The largest absolute Gasteiger partial charge is 0.489 e. The predicted octanol–water partition coefficient (Wildman–Crippen LogP) is 8.09. The van der Waals surface area contributed by atoms with Gasteiger partial charge in [-0.1, -0.05) is 49.1 Å². The van der Waals surface area contributed by atoms with Crippen LogP contribution in [0.25, 0.3) is 22.5 Å². The van der Waals surface area contributed by atoms with E-state index >= 15 is 0 Å². The minimum Gasteiger partial charge on any atom is -0.489 e. The minimum absolute atomic E-state index is 0.0605. The molecule has 0 aliphatic heterocycles. The van der Waals surface area contributed by atoms with Gasteiger partial charge in [-0.3, -0.25) is 4.79 Å². The first-order chi connectivity index (χ1) is 18.5. The molecule has 1 amide bonds. The van der Waals surface area contributed by atoms with Gasteiger partial charge in [-0.15, -0.1) is 0 Å². The number of halogens is 1. The maximum absolute atomic E-state index is 12.7. The monoisotopic (exact) mass is 527 g/mol. The van der Waals surface area contributed by atoms with Crippen LogP contribution in [0.2, 0.25) is 5.02 Å². The van der Waals surface area contributed by atoms with Gasteiger partial charge in [0, 0.05) is 40.6 Å². The Hall–Kier alpha value is -3.57. The van der Waals surface area contributed by atoms with E-state index in [0.29, 0.717) is 23.2 Å². The molecule has 1 aliphatic carbocycles. The number of ether oxygens (including phenoxy) is 1. The Morgan fingerprint density at radius 3 is 2.42 bits per heavy atom. The number of carbonyl (C=O) groups excluding carboxylic acids is 1. The smallest absolute Gasteiger partial charge is 0.251 e. The Balaban J connectivity index is 1.36. The van der Waals surface area contributed by atoms with Crippen LogP contribution in [0.15, 0.2) is 79.1 Å². The molecule has 1 heterocycles. The minimum atomic E-state index is -0.0956. The number of benzene rings is 3. The van der Waals surface area contributed by atoms with Crippen molar-refractivity contribution < 1.29 is 9.53 Å².